The average molecular weight is 622 g/mol. The smallest absolute Gasteiger partial charge is 0.348 e. The number of amides is 1. The van der Waals surface area contributed by atoms with Crippen LogP contribution in [-0.4, -0.2) is 67.3 Å². The Bertz CT molecular complexity index is 1190. The monoisotopic (exact) mass is 621 g/mol. The van der Waals surface area contributed by atoms with Crippen LogP contribution in [0.15, 0.2) is 40.2 Å². The van der Waals surface area contributed by atoms with Gasteiger partial charge in [0, 0.05) is 32.1 Å². The Labute approximate surface area is 265 Å². The number of rotatable bonds is 5. The van der Waals surface area contributed by atoms with Gasteiger partial charge in [-0.25, -0.2) is 4.68 Å². The first-order chi connectivity index (χ1) is 20.3. The molecule has 10 radical (unpaired) electrons. The predicted molar refractivity (Wildman–Crippen MR) is 162 cm³/mol. The second-order valence-electron chi connectivity index (χ2n) is 10.6. The normalized spacial score (nSPS) is 23.9. The molecule has 2 aromatic rings. The summed E-state index contributed by atoms with van der Waals surface area (Å²) in [4.78, 5) is 22.3. The van der Waals surface area contributed by atoms with Crippen LogP contribution in [0.25, 0.3) is 6.08 Å². The van der Waals surface area contributed by atoms with Crippen LogP contribution in [0.3, 0.4) is 0 Å². The largest absolute Gasteiger partial charge is 2.00 e. The average Bonchev–Trinajstić information content (AvgIpc) is 3.85. The van der Waals surface area contributed by atoms with E-state index in [-0.39, 0.29) is 29.0 Å². The van der Waals surface area contributed by atoms with Gasteiger partial charge < -0.3 is 4.90 Å². The van der Waals surface area contributed by atoms with Crippen molar-refractivity contribution in [2.45, 2.75) is 44.2 Å². The number of piperazine rings is 1. The third-order valence-corrected chi connectivity index (χ3v) is 8.94. The minimum Gasteiger partial charge on any atom is -0.348 e. The van der Waals surface area contributed by atoms with Crippen molar-refractivity contribution in [1.29, 1.82) is 0 Å². The molecular weight excluding hydrogens is 586 g/mol. The van der Waals surface area contributed by atoms with Crippen LogP contribution >= 0.6 is 11.8 Å². The molecule has 0 spiro atoms. The zero-order chi connectivity index (χ0) is 27.9. The summed E-state index contributed by atoms with van der Waals surface area (Å²) < 4.78 is 2.10. The molecule has 5 aliphatic rings. The summed E-state index contributed by atoms with van der Waals surface area (Å²) in [5.74, 6) is 2.02. The number of benzene rings is 1. The van der Waals surface area contributed by atoms with Crippen LogP contribution in [0.2, 0.25) is 0 Å². The Morgan fingerprint density at radius 2 is 1.52 bits per heavy atom. The summed E-state index contributed by atoms with van der Waals surface area (Å²) in [5.41, 5.74) is 1.02. The van der Waals surface area contributed by atoms with E-state index in [4.69, 9.17) is 0 Å². The van der Waals surface area contributed by atoms with E-state index in [9.17, 15) is 4.79 Å². The number of carbonyl (C=O) groups is 1. The molecule has 1 amide bonds. The first kappa shape index (κ1) is 31.4. The Morgan fingerprint density at radius 1 is 0.857 bits per heavy atom. The van der Waals surface area contributed by atoms with Crippen molar-refractivity contribution >= 4 is 28.9 Å². The second-order valence-corrected chi connectivity index (χ2v) is 11.6. The Balaban J connectivity index is 0.000000534. The number of hydrogen-bond acceptors (Lipinski definition) is 7. The molecule has 2 aliphatic heterocycles. The molecule has 0 bridgehead atoms. The maximum absolute atomic E-state index is 12.6. The molecule has 1 aromatic heterocycles. The molecular formula is C32H35FeN7OS+2. The SMILES string of the molecule is O=C1N=C(N2CCN(C([C]3[CH][CH][CH][CH]3)c3nnnn3C3CCCCC3)CC2)S/C1=C\c1ccccc1.[CH]1[CH][CH][CH][CH]1.[Fe+2]. The maximum atomic E-state index is 12.6. The molecule has 3 heterocycles. The molecule has 1 aromatic carbocycles. The third-order valence-electron chi connectivity index (χ3n) is 7.90. The quantitative estimate of drug-likeness (QED) is 0.346. The number of hydrogen-bond donors (Lipinski definition) is 0. The third kappa shape index (κ3) is 7.74. The molecule has 4 fully saturated rings. The van der Waals surface area contributed by atoms with E-state index < -0.39 is 0 Å². The van der Waals surface area contributed by atoms with Crippen LogP contribution < -0.4 is 0 Å². The van der Waals surface area contributed by atoms with E-state index in [0.29, 0.717) is 10.9 Å². The minimum atomic E-state index is -0.150. The molecule has 10 heteroatoms. The van der Waals surface area contributed by atoms with Gasteiger partial charge in [-0.05, 0) is 104 Å². The van der Waals surface area contributed by atoms with E-state index in [2.05, 4.69) is 60.7 Å². The van der Waals surface area contributed by atoms with Gasteiger partial charge in [0.2, 0.25) is 0 Å². The standard InChI is InChI=1S/C27H30N7OS.C5H5.Fe/c35-26-23(19-20-9-3-1-4-10-20)36-27(28-26)33-17-15-32(16-18-33)24(21-11-7-8-12-21)25-29-30-31-34(25)22-13-5-2-6-14-22;1-2-4-5-3-1;/h1,3-4,7-12,19,22,24H,2,5-6,13-18H2;1-5H;/q;;+2/b23-19-;;. The predicted octanol–water partition coefficient (Wildman–Crippen LogP) is 4.93. The van der Waals surface area contributed by atoms with E-state index in [0.717, 1.165) is 55.6 Å². The number of thioether (sulfide) groups is 1. The molecule has 8 nitrogen and oxygen atoms in total. The number of nitrogens with zero attached hydrogens (tertiary/aromatic N) is 7. The number of carbonyl (C=O) groups excluding carboxylic acids is 1. The summed E-state index contributed by atoms with van der Waals surface area (Å²) in [5, 5.41) is 13.9. The first-order valence-corrected chi connectivity index (χ1v) is 15.3. The summed E-state index contributed by atoms with van der Waals surface area (Å²) >= 11 is 1.48. The molecule has 1 unspecified atom stereocenters. The van der Waals surface area contributed by atoms with Crippen molar-refractivity contribution in [3.63, 3.8) is 0 Å². The van der Waals surface area contributed by atoms with E-state index in [1.54, 1.807) is 0 Å². The van der Waals surface area contributed by atoms with Gasteiger partial charge >= 0.3 is 17.1 Å². The fourth-order valence-electron chi connectivity index (χ4n) is 5.79. The van der Waals surface area contributed by atoms with Crippen molar-refractivity contribution in [3.05, 3.63) is 110 Å². The summed E-state index contributed by atoms with van der Waals surface area (Å²) in [6.07, 6.45) is 26.5. The van der Waals surface area contributed by atoms with Crippen LogP contribution in [0, 0.1) is 63.7 Å². The van der Waals surface area contributed by atoms with Gasteiger partial charge in [-0.2, -0.15) is 4.99 Å². The van der Waals surface area contributed by atoms with E-state index in [1.165, 1.54) is 36.9 Å². The first-order valence-electron chi connectivity index (χ1n) is 14.5. The Morgan fingerprint density at radius 3 is 2.19 bits per heavy atom. The van der Waals surface area contributed by atoms with E-state index in [1.807, 2.05) is 68.5 Å². The van der Waals surface area contributed by atoms with Crippen LogP contribution in [-0.2, 0) is 21.9 Å². The zero-order valence-corrected chi connectivity index (χ0v) is 25.4. The number of amidine groups is 1. The van der Waals surface area contributed by atoms with Crippen LogP contribution in [0.4, 0.5) is 0 Å². The number of aliphatic imine (C=N–C) groups is 1. The summed E-state index contributed by atoms with van der Waals surface area (Å²) in [6, 6.07) is 10.3. The molecule has 1 saturated heterocycles. The van der Waals surface area contributed by atoms with Crippen molar-refractivity contribution in [1.82, 2.24) is 30.0 Å². The molecule has 3 aliphatic carbocycles. The zero-order valence-electron chi connectivity index (χ0n) is 23.5. The maximum Gasteiger partial charge on any atom is 2.00 e. The van der Waals surface area contributed by atoms with Crippen molar-refractivity contribution in [2.75, 3.05) is 26.2 Å². The van der Waals surface area contributed by atoms with Gasteiger partial charge in [0.1, 0.15) is 0 Å². The second kappa shape index (κ2) is 15.6. The van der Waals surface area contributed by atoms with E-state index >= 15 is 0 Å². The number of tetrazole rings is 1. The topological polar surface area (TPSA) is 79.5 Å². The van der Waals surface area contributed by atoms with Gasteiger partial charge in [-0.15, -0.1) is 5.10 Å². The summed E-state index contributed by atoms with van der Waals surface area (Å²) in [7, 11) is 0. The van der Waals surface area contributed by atoms with Gasteiger partial charge in [0.05, 0.1) is 17.0 Å². The number of aromatic nitrogens is 4. The summed E-state index contributed by atoms with van der Waals surface area (Å²) in [6.45, 7) is 3.30. The van der Waals surface area contributed by atoms with Gasteiger partial charge in [-0.1, -0.05) is 49.6 Å². The van der Waals surface area contributed by atoms with Gasteiger partial charge in [0.15, 0.2) is 11.0 Å². The molecule has 216 valence electrons. The van der Waals surface area contributed by atoms with Gasteiger partial charge in [-0.3, -0.25) is 9.69 Å². The van der Waals surface area contributed by atoms with Gasteiger partial charge in [0.25, 0.3) is 5.91 Å². The van der Waals surface area contributed by atoms with Crippen LogP contribution in [0.1, 0.15) is 55.6 Å². The fraction of sp³-hybridized carbons (Fsp3) is 0.344. The van der Waals surface area contributed by atoms with Crippen molar-refractivity contribution in [2.24, 2.45) is 4.99 Å². The van der Waals surface area contributed by atoms with Crippen LogP contribution in [0.5, 0.6) is 0 Å². The Kier molecular flexibility index (Phi) is 11.7. The Hall–Kier alpha value is -2.00. The molecule has 1 atom stereocenters. The minimum absolute atomic E-state index is 0. The van der Waals surface area contributed by atoms with Crippen molar-refractivity contribution < 1.29 is 21.9 Å². The molecule has 0 N–H and O–H groups in total. The molecule has 7 rings (SSSR count). The molecule has 42 heavy (non-hydrogen) atoms. The fourth-order valence-corrected chi connectivity index (χ4v) is 6.75. The van der Waals surface area contributed by atoms with Crippen molar-refractivity contribution in [3.8, 4) is 0 Å². The molecule has 3 saturated carbocycles.